The van der Waals surface area contributed by atoms with Crippen LogP contribution in [0.25, 0.3) is 0 Å². The number of ether oxygens (including phenoxy) is 1. The van der Waals surface area contributed by atoms with Crippen molar-refractivity contribution in [1.29, 1.82) is 0 Å². The highest BCUT2D eigenvalue weighted by Gasteiger charge is 2.41. The molecule has 1 unspecified atom stereocenters. The molecule has 1 aliphatic carbocycles. The van der Waals surface area contributed by atoms with E-state index in [9.17, 15) is 10.2 Å². The summed E-state index contributed by atoms with van der Waals surface area (Å²) in [4.78, 5) is 0. The summed E-state index contributed by atoms with van der Waals surface area (Å²) >= 11 is 0. The number of hydrogen-bond donors (Lipinski definition) is 3. The van der Waals surface area contributed by atoms with Gasteiger partial charge in [-0.1, -0.05) is 0 Å². The molecule has 0 heterocycles. The van der Waals surface area contributed by atoms with Crippen molar-refractivity contribution in [3.8, 4) is 11.5 Å². The van der Waals surface area contributed by atoms with Gasteiger partial charge in [-0.05, 0) is 49.8 Å². The van der Waals surface area contributed by atoms with Crippen LogP contribution >= 0.6 is 0 Å². The fourth-order valence-corrected chi connectivity index (χ4v) is 2.38. The molecule has 1 aromatic carbocycles. The lowest BCUT2D eigenvalue weighted by Gasteiger charge is -2.21. The number of rotatable bonds is 7. The van der Waals surface area contributed by atoms with Gasteiger partial charge in [0.1, 0.15) is 11.5 Å². The molecule has 106 valence electrons. The van der Waals surface area contributed by atoms with Gasteiger partial charge in [-0.3, -0.25) is 0 Å². The zero-order valence-corrected chi connectivity index (χ0v) is 11.6. The first kappa shape index (κ1) is 14.2. The second-order valence-electron chi connectivity index (χ2n) is 5.59. The molecule has 1 fully saturated rings. The predicted octanol–water partition coefficient (Wildman–Crippen LogP) is 2.57. The second-order valence-corrected chi connectivity index (χ2v) is 5.59. The van der Waals surface area contributed by atoms with E-state index >= 15 is 0 Å². The summed E-state index contributed by atoms with van der Waals surface area (Å²) in [5.74, 6) is 0.404. The van der Waals surface area contributed by atoms with Crippen molar-refractivity contribution in [2.45, 2.75) is 32.2 Å². The van der Waals surface area contributed by atoms with E-state index in [1.54, 1.807) is 13.2 Å². The zero-order chi connectivity index (χ0) is 13.9. The van der Waals surface area contributed by atoms with Crippen LogP contribution in [-0.4, -0.2) is 30.5 Å². The van der Waals surface area contributed by atoms with Crippen molar-refractivity contribution in [1.82, 2.24) is 5.32 Å². The van der Waals surface area contributed by atoms with E-state index in [2.05, 4.69) is 5.32 Å². The average Bonchev–Trinajstić information content (AvgIpc) is 3.17. The minimum atomic E-state index is 0.0205. The fourth-order valence-electron chi connectivity index (χ4n) is 2.38. The van der Waals surface area contributed by atoms with Gasteiger partial charge < -0.3 is 20.3 Å². The summed E-state index contributed by atoms with van der Waals surface area (Å²) in [6, 6.07) is 4.65. The van der Waals surface area contributed by atoms with Crippen molar-refractivity contribution in [2.24, 2.45) is 5.41 Å². The van der Waals surface area contributed by atoms with E-state index in [4.69, 9.17) is 4.74 Å². The van der Waals surface area contributed by atoms with Gasteiger partial charge in [0, 0.05) is 31.9 Å². The lowest BCUT2D eigenvalue weighted by atomic mass is 10.0. The number of hydrogen-bond acceptors (Lipinski definition) is 4. The first-order chi connectivity index (χ1) is 9.06. The van der Waals surface area contributed by atoms with E-state index in [1.807, 2.05) is 6.92 Å². The SMILES string of the molecule is COCCC1(CNC(C)c2cc(O)ccc2O)CC1. The molecule has 1 atom stereocenters. The molecule has 4 nitrogen and oxygen atoms in total. The standard InChI is InChI=1S/C15H23NO3/c1-11(13-9-12(17)3-4-14(13)18)16-10-15(5-6-15)7-8-19-2/h3-4,9,11,16-18H,5-8,10H2,1-2H3. The molecule has 3 N–H and O–H groups in total. The van der Waals surface area contributed by atoms with Crippen LogP contribution in [0, 0.1) is 5.41 Å². The van der Waals surface area contributed by atoms with Gasteiger partial charge in [-0.2, -0.15) is 0 Å². The number of benzene rings is 1. The predicted molar refractivity (Wildman–Crippen MR) is 74.3 cm³/mol. The summed E-state index contributed by atoms with van der Waals surface area (Å²) in [6.07, 6.45) is 3.56. The van der Waals surface area contributed by atoms with Gasteiger partial charge in [0.2, 0.25) is 0 Å². The third-order valence-electron chi connectivity index (χ3n) is 4.05. The van der Waals surface area contributed by atoms with Gasteiger partial charge >= 0.3 is 0 Å². The Bertz CT molecular complexity index is 429. The van der Waals surface area contributed by atoms with Gasteiger partial charge in [0.05, 0.1) is 0 Å². The molecular formula is C15H23NO3. The molecule has 19 heavy (non-hydrogen) atoms. The number of phenolic OH excluding ortho intramolecular Hbond substituents is 2. The molecule has 0 amide bonds. The van der Waals surface area contributed by atoms with Crippen LogP contribution in [0.4, 0.5) is 0 Å². The minimum absolute atomic E-state index is 0.0205. The summed E-state index contributed by atoms with van der Waals surface area (Å²) < 4.78 is 5.14. The van der Waals surface area contributed by atoms with E-state index < -0.39 is 0 Å². The average molecular weight is 265 g/mol. The van der Waals surface area contributed by atoms with Crippen molar-refractivity contribution >= 4 is 0 Å². The second kappa shape index (κ2) is 5.80. The quantitative estimate of drug-likeness (QED) is 0.663. The van der Waals surface area contributed by atoms with E-state index in [1.165, 1.54) is 25.0 Å². The summed E-state index contributed by atoms with van der Waals surface area (Å²) in [5.41, 5.74) is 1.11. The van der Waals surface area contributed by atoms with E-state index in [-0.39, 0.29) is 17.5 Å². The summed E-state index contributed by atoms with van der Waals surface area (Å²) in [7, 11) is 1.73. The Hall–Kier alpha value is -1.26. The Balaban J connectivity index is 1.90. The normalized spacial score (nSPS) is 18.2. The van der Waals surface area contributed by atoms with Crippen LogP contribution in [0.2, 0.25) is 0 Å². The Labute approximate surface area is 114 Å². The van der Waals surface area contributed by atoms with Crippen molar-refractivity contribution in [3.05, 3.63) is 23.8 Å². The Morgan fingerprint density at radius 2 is 2.11 bits per heavy atom. The smallest absolute Gasteiger partial charge is 0.120 e. The first-order valence-corrected chi connectivity index (χ1v) is 6.80. The Morgan fingerprint density at radius 3 is 2.74 bits per heavy atom. The van der Waals surface area contributed by atoms with Gasteiger partial charge in [0.15, 0.2) is 0 Å². The van der Waals surface area contributed by atoms with E-state index in [0.29, 0.717) is 5.41 Å². The molecule has 0 radical (unpaired) electrons. The van der Waals surface area contributed by atoms with Gasteiger partial charge in [-0.25, -0.2) is 0 Å². The van der Waals surface area contributed by atoms with Crippen LogP contribution in [0.3, 0.4) is 0 Å². The molecule has 1 aliphatic rings. The van der Waals surface area contributed by atoms with Crippen molar-refractivity contribution < 1.29 is 14.9 Å². The molecule has 1 saturated carbocycles. The molecule has 0 spiro atoms. The van der Waals surface area contributed by atoms with Crippen LogP contribution in [0.5, 0.6) is 11.5 Å². The largest absolute Gasteiger partial charge is 0.508 e. The fraction of sp³-hybridized carbons (Fsp3) is 0.600. The molecule has 1 aromatic rings. The summed E-state index contributed by atoms with van der Waals surface area (Å²) in [5, 5.41) is 22.8. The maximum absolute atomic E-state index is 9.82. The number of nitrogens with one attached hydrogen (secondary N) is 1. The van der Waals surface area contributed by atoms with Crippen LogP contribution in [-0.2, 0) is 4.74 Å². The van der Waals surface area contributed by atoms with Crippen molar-refractivity contribution in [2.75, 3.05) is 20.3 Å². The lowest BCUT2D eigenvalue weighted by Crippen LogP contribution is -2.27. The molecule has 0 saturated heterocycles. The Kier molecular flexibility index (Phi) is 4.32. The summed E-state index contributed by atoms with van der Waals surface area (Å²) in [6.45, 7) is 3.72. The third-order valence-corrected chi connectivity index (χ3v) is 4.05. The first-order valence-electron chi connectivity index (χ1n) is 6.80. The number of aromatic hydroxyl groups is 2. The highest BCUT2D eigenvalue weighted by atomic mass is 16.5. The highest BCUT2D eigenvalue weighted by Crippen LogP contribution is 2.48. The highest BCUT2D eigenvalue weighted by molar-refractivity contribution is 5.40. The topological polar surface area (TPSA) is 61.7 Å². The number of phenols is 2. The van der Waals surface area contributed by atoms with Gasteiger partial charge in [0.25, 0.3) is 0 Å². The van der Waals surface area contributed by atoms with Crippen LogP contribution in [0.1, 0.15) is 37.8 Å². The van der Waals surface area contributed by atoms with Crippen molar-refractivity contribution in [3.63, 3.8) is 0 Å². The third kappa shape index (κ3) is 3.61. The van der Waals surface area contributed by atoms with Crippen LogP contribution < -0.4 is 5.32 Å². The van der Waals surface area contributed by atoms with Crippen LogP contribution in [0.15, 0.2) is 18.2 Å². The van der Waals surface area contributed by atoms with E-state index in [0.717, 1.165) is 25.1 Å². The molecule has 0 aromatic heterocycles. The Morgan fingerprint density at radius 1 is 1.37 bits per heavy atom. The minimum Gasteiger partial charge on any atom is -0.508 e. The zero-order valence-electron chi connectivity index (χ0n) is 11.6. The molecule has 2 rings (SSSR count). The maximum Gasteiger partial charge on any atom is 0.120 e. The maximum atomic E-state index is 9.82. The lowest BCUT2D eigenvalue weighted by molar-refractivity contribution is 0.170. The van der Waals surface area contributed by atoms with Gasteiger partial charge in [-0.15, -0.1) is 0 Å². The molecule has 4 heteroatoms. The number of methoxy groups -OCH3 is 1. The molecule has 0 bridgehead atoms. The molecule has 0 aliphatic heterocycles. The monoisotopic (exact) mass is 265 g/mol. The molecular weight excluding hydrogens is 242 g/mol.